The predicted octanol–water partition coefficient (Wildman–Crippen LogP) is 3.25. The Kier molecular flexibility index (Phi) is 5.48. The van der Waals surface area contributed by atoms with Crippen LogP contribution in [0, 0.1) is 5.41 Å². The molecule has 1 spiro atoms. The van der Waals surface area contributed by atoms with E-state index in [2.05, 4.69) is 41.4 Å². The molecule has 0 radical (unpaired) electrons. The fourth-order valence-corrected chi connectivity index (χ4v) is 3.74. The minimum atomic E-state index is 0. The lowest BCUT2D eigenvalue weighted by molar-refractivity contribution is 0.268. The Morgan fingerprint density at radius 1 is 1.25 bits per heavy atom. The molecule has 0 aromatic heterocycles. The molecule has 3 rings (SSSR count). The molecule has 3 heteroatoms. The fourth-order valence-electron chi connectivity index (χ4n) is 3.74. The maximum Gasteiger partial charge on any atom is 0.0234 e. The van der Waals surface area contributed by atoms with Crippen molar-refractivity contribution >= 4 is 12.4 Å². The van der Waals surface area contributed by atoms with Crippen LogP contribution in [0.5, 0.6) is 0 Å². The van der Waals surface area contributed by atoms with Gasteiger partial charge < -0.3 is 5.32 Å². The second kappa shape index (κ2) is 6.93. The average Bonchev–Trinajstić information content (AvgIpc) is 3.02. The highest BCUT2D eigenvalue weighted by Crippen LogP contribution is 2.36. The van der Waals surface area contributed by atoms with Gasteiger partial charge in [0, 0.05) is 19.6 Å². The smallest absolute Gasteiger partial charge is 0.0234 e. The summed E-state index contributed by atoms with van der Waals surface area (Å²) in [5, 5.41) is 3.54. The van der Waals surface area contributed by atoms with Crippen LogP contribution in [0.4, 0.5) is 0 Å². The molecule has 1 N–H and O–H groups in total. The van der Waals surface area contributed by atoms with Crippen LogP contribution < -0.4 is 5.32 Å². The van der Waals surface area contributed by atoms with E-state index in [0.29, 0.717) is 5.41 Å². The standard InChI is InChI=1S/C17H26N2.ClH/c1-2-4-15-5-3-6-16(11-15)12-19-10-8-17(14-19)7-9-18-13-17;/h3,5-6,11,18H,2,4,7-10,12-14H2,1H3;1H. The molecular formula is C17H27ClN2. The zero-order valence-electron chi connectivity index (χ0n) is 12.5. The molecule has 1 atom stereocenters. The molecule has 1 aromatic carbocycles. The maximum atomic E-state index is 3.54. The average molecular weight is 295 g/mol. The van der Waals surface area contributed by atoms with Crippen molar-refractivity contribution in [3.05, 3.63) is 35.4 Å². The summed E-state index contributed by atoms with van der Waals surface area (Å²) in [6, 6.07) is 9.18. The van der Waals surface area contributed by atoms with E-state index in [4.69, 9.17) is 0 Å². The zero-order valence-corrected chi connectivity index (χ0v) is 13.3. The first-order chi connectivity index (χ1) is 9.30. The van der Waals surface area contributed by atoms with E-state index in [-0.39, 0.29) is 12.4 Å². The van der Waals surface area contributed by atoms with Gasteiger partial charge in [-0.1, -0.05) is 37.6 Å². The van der Waals surface area contributed by atoms with E-state index >= 15 is 0 Å². The monoisotopic (exact) mass is 294 g/mol. The van der Waals surface area contributed by atoms with E-state index in [1.165, 1.54) is 63.0 Å². The van der Waals surface area contributed by atoms with E-state index < -0.39 is 0 Å². The molecular weight excluding hydrogens is 268 g/mol. The van der Waals surface area contributed by atoms with Crippen molar-refractivity contribution in [2.75, 3.05) is 26.2 Å². The summed E-state index contributed by atoms with van der Waals surface area (Å²) in [5.41, 5.74) is 3.59. The van der Waals surface area contributed by atoms with Crippen LogP contribution in [0.2, 0.25) is 0 Å². The van der Waals surface area contributed by atoms with Crippen molar-refractivity contribution in [1.82, 2.24) is 10.2 Å². The zero-order chi connectivity index (χ0) is 13.1. The van der Waals surface area contributed by atoms with Gasteiger partial charge in [-0.25, -0.2) is 0 Å². The summed E-state index contributed by atoms with van der Waals surface area (Å²) >= 11 is 0. The fraction of sp³-hybridized carbons (Fsp3) is 0.647. The predicted molar refractivity (Wildman–Crippen MR) is 87.5 cm³/mol. The van der Waals surface area contributed by atoms with E-state index in [1.807, 2.05) is 0 Å². The molecule has 2 saturated heterocycles. The Labute approximate surface area is 129 Å². The molecule has 2 aliphatic heterocycles. The lowest BCUT2D eigenvalue weighted by atomic mass is 9.86. The summed E-state index contributed by atoms with van der Waals surface area (Å²) in [4.78, 5) is 2.65. The molecule has 2 fully saturated rings. The topological polar surface area (TPSA) is 15.3 Å². The Hall–Kier alpha value is -0.570. The molecule has 1 unspecified atom stereocenters. The Morgan fingerprint density at radius 3 is 2.85 bits per heavy atom. The second-order valence-corrected chi connectivity index (χ2v) is 6.46. The van der Waals surface area contributed by atoms with E-state index in [0.717, 1.165) is 6.54 Å². The van der Waals surface area contributed by atoms with Crippen LogP contribution in [0.15, 0.2) is 24.3 Å². The van der Waals surface area contributed by atoms with Gasteiger partial charge >= 0.3 is 0 Å². The highest BCUT2D eigenvalue weighted by Gasteiger charge is 2.39. The number of hydrogen-bond acceptors (Lipinski definition) is 2. The Bertz CT molecular complexity index is 427. The van der Waals surface area contributed by atoms with Gasteiger partial charge in [0.15, 0.2) is 0 Å². The van der Waals surface area contributed by atoms with Crippen molar-refractivity contribution in [2.45, 2.75) is 39.2 Å². The molecule has 20 heavy (non-hydrogen) atoms. The Balaban J connectivity index is 0.00000147. The highest BCUT2D eigenvalue weighted by atomic mass is 35.5. The number of halogens is 1. The van der Waals surface area contributed by atoms with Crippen LogP contribution >= 0.6 is 12.4 Å². The highest BCUT2D eigenvalue weighted by molar-refractivity contribution is 5.85. The van der Waals surface area contributed by atoms with Crippen molar-refractivity contribution in [3.63, 3.8) is 0 Å². The van der Waals surface area contributed by atoms with Crippen LogP contribution in [0.1, 0.15) is 37.3 Å². The molecule has 0 amide bonds. The SMILES string of the molecule is CCCc1cccc(CN2CCC3(CCNC3)C2)c1.Cl. The third-order valence-electron chi connectivity index (χ3n) is 4.79. The number of benzene rings is 1. The van der Waals surface area contributed by atoms with Crippen LogP contribution in [0.25, 0.3) is 0 Å². The first-order valence-corrected chi connectivity index (χ1v) is 7.81. The van der Waals surface area contributed by atoms with Gasteiger partial charge in [-0.05, 0) is 48.9 Å². The second-order valence-electron chi connectivity index (χ2n) is 6.46. The first-order valence-electron chi connectivity index (χ1n) is 7.81. The number of aryl methyl sites for hydroxylation is 1. The Morgan fingerprint density at radius 2 is 2.10 bits per heavy atom. The third kappa shape index (κ3) is 3.55. The maximum absolute atomic E-state index is 3.54. The number of hydrogen-bond donors (Lipinski definition) is 1. The van der Waals surface area contributed by atoms with Crippen molar-refractivity contribution in [1.29, 1.82) is 0 Å². The summed E-state index contributed by atoms with van der Waals surface area (Å²) in [7, 11) is 0. The van der Waals surface area contributed by atoms with Crippen LogP contribution in [0.3, 0.4) is 0 Å². The molecule has 0 bridgehead atoms. The quantitative estimate of drug-likeness (QED) is 0.917. The van der Waals surface area contributed by atoms with E-state index in [9.17, 15) is 0 Å². The normalized spacial score (nSPS) is 26.1. The minimum Gasteiger partial charge on any atom is -0.316 e. The summed E-state index contributed by atoms with van der Waals surface area (Å²) in [5.74, 6) is 0. The van der Waals surface area contributed by atoms with Gasteiger partial charge in [0.1, 0.15) is 0 Å². The van der Waals surface area contributed by atoms with Crippen molar-refractivity contribution in [2.24, 2.45) is 5.41 Å². The first kappa shape index (κ1) is 15.8. The van der Waals surface area contributed by atoms with Crippen LogP contribution in [-0.4, -0.2) is 31.1 Å². The summed E-state index contributed by atoms with van der Waals surface area (Å²) < 4.78 is 0. The minimum absolute atomic E-state index is 0. The molecule has 112 valence electrons. The number of likely N-dealkylation sites (tertiary alicyclic amines) is 1. The molecule has 2 nitrogen and oxygen atoms in total. The van der Waals surface area contributed by atoms with Gasteiger partial charge in [-0.3, -0.25) is 4.90 Å². The van der Waals surface area contributed by atoms with Gasteiger partial charge in [-0.15, -0.1) is 12.4 Å². The molecule has 1 aromatic rings. The summed E-state index contributed by atoms with van der Waals surface area (Å²) in [6.07, 6.45) is 5.21. The third-order valence-corrected chi connectivity index (χ3v) is 4.79. The number of rotatable bonds is 4. The lowest BCUT2D eigenvalue weighted by Gasteiger charge is -2.23. The lowest BCUT2D eigenvalue weighted by Crippen LogP contribution is -2.28. The molecule has 2 heterocycles. The largest absolute Gasteiger partial charge is 0.316 e. The number of nitrogens with zero attached hydrogens (tertiary/aromatic N) is 1. The van der Waals surface area contributed by atoms with Gasteiger partial charge in [-0.2, -0.15) is 0 Å². The van der Waals surface area contributed by atoms with Crippen molar-refractivity contribution < 1.29 is 0 Å². The molecule has 0 saturated carbocycles. The van der Waals surface area contributed by atoms with Crippen LogP contribution in [-0.2, 0) is 13.0 Å². The molecule has 0 aliphatic carbocycles. The number of nitrogens with one attached hydrogen (secondary N) is 1. The van der Waals surface area contributed by atoms with Gasteiger partial charge in [0.25, 0.3) is 0 Å². The van der Waals surface area contributed by atoms with Gasteiger partial charge in [0.05, 0.1) is 0 Å². The summed E-state index contributed by atoms with van der Waals surface area (Å²) in [6.45, 7) is 8.42. The van der Waals surface area contributed by atoms with Gasteiger partial charge in [0.2, 0.25) is 0 Å². The van der Waals surface area contributed by atoms with Crippen molar-refractivity contribution in [3.8, 4) is 0 Å². The molecule has 2 aliphatic rings. The van der Waals surface area contributed by atoms with E-state index in [1.54, 1.807) is 0 Å².